The van der Waals surface area contributed by atoms with E-state index in [0.717, 1.165) is 36.8 Å². The normalized spacial score (nSPS) is 25.3. The van der Waals surface area contributed by atoms with Gasteiger partial charge in [-0.25, -0.2) is 0 Å². The van der Waals surface area contributed by atoms with Crippen LogP contribution >= 0.6 is 0 Å². The minimum atomic E-state index is -0.166. The first kappa shape index (κ1) is 20.2. The van der Waals surface area contributed by atoms with Crippen LogP contribution in [0.5, 0.6) is 0 Å². The summed E-state index contributed by atoms with van der Waals surface area (Å²) in [6.07, 6.45) is 15.8. The first-order chi connectivity index (χ1) is 14.1. The summed E-state index contributed by atoms with van der Waals surface area (Å²) in [5, 5.41) is 6.48. The molecular weight excluding hydrogens is 360 g/mol. The minimum absolute atomic E-state index is 0.0182. The molecule has 0 saturated heterocycles. The summed E-state index contributed by atoms with van der Waals surface area (Å²) in [4.78, 5) is 25.7. The van der Waals surface area contributed by atoms with E-state index in [1.165, 1.54) is 38.5 Å². The van der Waals surface area contributed by atoms with E-state index in [2.05, 4.69) is 17.6 Å². The molecule has 1 aromatic carbocycles. The molecule has 2 atom stereocenters. The molecule has 29 heavy (non-hydrogen) atoms. The Morgan fingerprint density at radius 3 is 2.14 bits per heavy atom. The second-order valence-corrected chi connectivity index (χ2v) is 9.17. The number of hydrogen-bond acceptors (Lipinski definition) is 2. The van der Waals surface area contributed by atoms with Gasteiger partial charge in [-0.1, -0.05) is 63.7 Å². The van der Waals surface area contributed by atoms with Crippen LogP contribution in [-0.2, 0) is 4.79 Å². The molecule has 0 bridgehead atoms. The van der Waals surface area contributed by atoms with Gasteiger partial charge in [-0.15, -0.1) is 0 Å². The fourth-order valence-corrected chi connectivity index (χ4v) is 5.20. The molecule has 2 amide bonds. The predicted octanol–water partition coefficient (Wildman–Crippen LogP) is 4.94. The number of rotatable bonds is 4. The van der Waals surface area contributed by atoms with Gasteiger partial charge in [0.15, 0.2) is 0 Å². The summed E-state index contributed by atoms with van der Waals surface area (Å²) in [6.45, 7) is 2.11. The number of carbonyl (C=O) groups is 2. The lowest BCUT2D eigenvalue weighted by Gasteiger charge is -2.30. The summed E-state index contributed by atoms with van der Waals surface area (Å²) < 4.78 is 0. The van der Waals surface area contributed by atoms with Crippen molar-refractivity contribution in [1.29, 1.82) is 0 Å². The third-order valence-electron chi connectivity index (χ3n) is 7.06. The van der Waals surface area contributed by atoms with Crippen molar-refractivity contribution >= 4 is 17.9 Å². The van der Waals surface area contributed by atoms with Crippen molar-refractivity contribution in [1.82, 2.24) is 10.6 Å². The third-order valence-corrected chi connectivity index (χ3v) is 7.06. The fraction of sp³-hybridized carbons (Fsp3) is 0.600. The zero-order valence-corrected chi connectivity index (χ0v) is 17.6. The molecule has 0 radical (unpaired) electrons. The van der Waals surface area contributed by atoms with Crippen molar-refractivity contribution in [3.63, 3.8) is 0 Å². The van der Waals surface area contributed by atoms with Gasteiger partial charge in [0.05, 0.1) is 5.92 Å². The maximum atomic E-state index is 12.9. The van der Waals surface area contributed by atoms with Gasteiger partial charge >= 0.3 is 0 Å². The molecular formula is C25H34N2O2. The Kier molecular flexibility index (Phi) is 6.37. The molecule has 4 nitrogen and oxygen atoms in total. The molecule has 3 aliphatic rings. The van der Waals surface area contributed by atoms with Crippen LogP contribution in [0.25, 0.3) is 6.08 Å². The van der Waals surface area contributed by atoms with Crippen LogP contribution in [0.15, 0.2) is 24.3 Å². The topological polar surface area (TPSA) is 58.2 Å². The second-order valence-electron chi connectivity index (χ2n) is 9.17. The van der Waals surface area contributed by atoms with Crippen molar-refractivity contribution in [2.24, 2.45) is 5.92 Å². The highest BCUT2D eigenvalue weighted by Crippen LogP contribution is 2.35. The Morgan fingerprint density at radius 2 is 1.48 bits per heavy atom. The van der Waals surface area contributed by atoms with Crippen molar-refractivity contribution in [2.75, 3.05) is 0 Å². The zero-order chi connectivity index (χ0) is 20.2. The van der Waals surface area contributed by atoms with Crippen molar-refractivity contribution in [3.05, 3.63) is 41.0 Å². The van der Waals surface area contributed by atoms with Crippen LogP contribution in [0, 0.1) is 5.92 Å². The van der Waals surface area contributed by atoms with Gasteiger partial charge in [0.25, 0.3) is 5.91 Å². The SMILES string of the molecule is CC1c2cc(C(=O)NC3CCCCC3)ccc2C=CC1C(=O)NC1CCCCC1. The van der Waals surface area contributed by atoms with Gasteiger partial charge in [0, 0.05) is 17.6 Å². The summed E-state index contributed by atoms with van der Waals surface area (Å²) in [5.74, 6) is 0.0510. The van der Waals surface area contributed by atoms with Crippen LogP contribution in [0.2, 0.25) is 0 Å². The molecule has 4 rings (SSSR count). The number of carbonyl (C=O) groups excluding carboxylic acids is 2. The lowest BCUT2D eigenvalue weighted by Crippen LogP contribution is -2.41. The maximum Gasteiger partial charge on any atom is 0.251 e. The molecule has 2 unspecified atom stereocenters. The molecule has 4 heteroatoms. The average molecular weight is 395 g/mol. The van der Waals surface area contributed by atoms with Crippen molar-refractivity contribution in [2.45, 2.75) is 89.1 Å². The van der Waals surface area contributed by atoms with E-state index in [9.17, 15) is 9.59 Å². The summed E-state index contributed by atoms with van der Waals surface area (Å²) in [7, 11) is 0. The Morgan fingerprint density at radius 1 is 0.862 bits per heavy atom. The largest absolute Gasteiger partial charge is 0.353 e. The number of hydrogen-bond donors (Lipinski definition) is 2. The van der Waals surface area contributed by atoms with Crippen LogP contribution in [0.3, 0.4) is 0 Å². The van der Waals surface area contributed by atoms with Crippen LogP contribution in [-0.4, -0.2) is 23.9 Å². The lowest BCUT2D eigenvalue weighted by molar-refractivity contribution is -0.125. The van der Waals surface area contributed by atoms with E-state index in [1.54, 1.807) is 0 Å². The number of amides is 2. The maximum absolute atomic E-state index is 12.9. The Labute approximate surface area is 174 Å². The predicted molar refractivity (Wildman–Crippen MR) is 117 cm³/mol. The highest BCUT2D eigenvalue weighted by molar-refractivity contribution is 5.95. The van der Waals surface area contributed by atoms with Gasteiger partial charge in [-0.3, -0.25) is 9.59 Å². The number of fused-ring (bicyclic) bond motifs is 1. The first-order valence-corrected chi connectivity index (χ1v) is 11.6. The van der Waals surface area contributed by atoms with E-state index < -0.39 is 0 Å². The first-order valence-electron chi connectivity index (χ1n) is 11.6. The molecule has 2 N–H and O–H groups in total. The van der Waals surface area contributed by atoms with E-state index in [1.807, 2.05) is 30.4 Å². The highest BCUT2D eigenvalue weighted by atomic mass is 16.2. The summed E-state index contributed by atoms with van der Waals surface area (Å²) in [5.41, 5.74) is 2.93. The third kappa shape index (κ3) is 4.73. The highest BCUT2D eigenvalue weighted by Gasteiger charge is 2.30. The molecule has 1 aromatic rings. The molecule has 0 aromatic heterocycles. The van der Waals surface area contributed by atoms with E-state index in [4.69, 9.17) is 0 Å². The van der Waals surface area contributed by atoms with Crippen LogP contribution in [0.1, 0.15) is 98.5 Å². The van der Waals surface area contributed by atoms with Gasteiger partial charge in [-0.05, 0) is 54.9 Å². The van der Waals surface area contributed by atoms with Gasteiger partial charge in [0.1, 0.15) is 0 Å². The Balaban J connectivity index is 1.44. The van der Waals surface area contributed by atoms with Crippen LogP contribution < -0.4 is 10.6 Å². The average Bonchev–Trinajstić information content (AvgIpc) is 2.75. The van der Waals surface area contributed by atoms with Crippen LogP contribution in [0.4, 0.5) is 0 Å². The summed E-state index contributed by atoms with van der Waals surface area (Å²) >= 11 is 0. The quantitative estimate of drug-likeness (QED) is 0.759. The zero-order valence-electron chi connectivity index (χ0n) is 17.6. The van der Waals surface area contributed by atoms with Gasteiger partial charge in [-0.2, -0.15) is 0 Å². The molecule has 0 spiro atoms. The molecule has 156 valence electrons. The Hall–Kier alpha value is -2.10. The molecule has 3 aliphatic carbocycles. The molecule has 2 saturated carbocycles. The number of nitrogens with one attached hydrogen (secondary N) is 2. The fourth-order valence-electron chi connectivity index (χ4n) is 5.20. The van der Waals surface area contributed by atoms with E-state index >= 15 is 0 Å². The minimum Gasteiger partial charge on any atom is -0.353 e. The molecule has 0 aliphatic heterocycles. The van der Waals surface area contributed by atoms with E-state index in [0.29, 0.717) is 17.6 Å². The molecule has 0 heterocycles. The molecule has 2 fully saturated rings. The smallest absolute Gasteiger partial charge is 0.251 e. The lowest BCUT2D eigenvalue weighted by atomic mass is 9.79. The second kappa shape index (κ2) is 9.15. The van der Waals surface area contributed by atoms with Crippen molar-refractivity contribution in [3.8, 4) is 0 Å². The summed E-state index contributed by atoms with van der Waals surface area (Å²) in [6, 6.07) is 6.57. The van der Waals surface area contributed by atoms with E-state index in [-0.39, 0.29) is 23.7 Å². The van der Waals surface area contributed by atoms with Gasteiger partial charge in [0.2, 0.25) is 5.91 Å². The monoisotopic (exact) mass is 394 g/mol. The Bertz CT molecular complexity index is 773. The van der Waals surface area contributed by atoms with Crippen molar-refractivity contribution < 1.29 is 9.59 Å². The van der Waals surface area contributed by atoms with Gasteiger partial charge < -0.3 is 10.6 Å². The standard InChI is InChI=1S/C25H34N2O2/c1-17-22(25(29)27-21-10-6-3-7-11-21)15-14-18-12-13-19(16-23(17)18)24(28)26-20-8-4-2-5-9-20/h12-17,20-22H,2-11H2,1H3,(H,26,28)(H,27,29). The number of benzene rings is 1.